The van der Waals surface area contributed by atoms with Gasteiger partial charge in [-0.1, -0.05) is 38.1 Å². The lowest BCUT2D eigenvalue weighted by Gasteiger charge is -2.18. The van der Waals surface area contributed by atoms with Crippen LogP contribution in [0.4, 0.5) is 0 Å². The van der Waals surface area contributed by atoms with Gasteiger partial charge in [0.1, 0.15) is 0 Å². The Morgan fingerprint density at radius 3 is 2.29 bits per heavy atom. The predicted octanol–water partition coefficient (Wildman–Crippen LogP) is 1.25. The van der Waals surface area contributed by atoms with Gasteiger partial charge in [-0.25, -0.2) is 0 Å². The first-order valence-electron chi connectivity index (χ1n) is 6.20. The molecule has 0 aromatic heterocycles. The van der Waals surface area contributed by atoms with E-state index >= 15 is 0 Å². The summed E-state index contributed by atoms with van der Waals surface area (Å²) in [6.45, 7) is 3.93. The fraction of sp³-hybridized carbons (Fsp3) is 0.500. The molecule has 1 amide bonds. The molecule has 2 rings (SSSR count). The Kier molecular flexibility index (Phi) is 3.48. The zero-order valence-electron chi connectivity index (χ0n) is 10.4. The van der Waals surface area contributed by atoms with Gasteiger partial charge in [-0.05, 0) is 29.9 Å². The summed E-state index contributed by atoms with van der Waals surface area (Å²) >= 11 is 0. The van der Waals surface area contributed by atoms with Crippen LogP contribution in [0.5, 0.6) is 0 Å². The van der Waals surface area contributed by atoms with Crippen LogP contribution in [0.25, 0.3) is 0 Å². The van der Waals surface area contributed by atoms with Crippen LogP contribution in [0, 0.1) is 5.92 Å². The summed E-state index contributed by atoms with van der Waals surface area (Å²) in [5.41, 5.74) is 8.52. The van der Waals surface area contributed by atoms with E-state index in [1.165, 1.54) is 11.1 Å². The molecule has 0 spiro atoms. The molecular formula is C14H20N2O. The Morgan fingerprint density at radius 1 is 1.29 bits per heavy atom. The lowest BCUT2D eigenvalue weighted by molar-refractivity contribution is -0.123. The molecule has 92 valence electrons. The second-order valence-electron chi connectivity index (χ2n) is 5.15. The van der Waals surface area contributed by atoms with Crippen LogP contribution in [-0.4, -0.2) is 18.0 Å². The summed E-state index contributed by atoms with van der Waals surface area (Å²) < 4.78 is 0. The van der Waals surface area contributed by atoms with Crippen LogP contribution < -0.4 is 11.1 Å². The minimum absolute atomic E-state index is 0.0298. The molecule has 0 saturated carbocycles. The summed E-state index contributed by atoms with van der Waals surface area (Å²) in [6, 6.07) is 8.16. The van der Waals surface area contributed by atoms with Crippen LogP contribution in [0.2, 0.25) is 0 Å². The second-order valence-corrected chi connectivity index (χ2v) is 5.15. The van der Waals surface area contributed by atoms with Gasteiger partial charge in [0, 0.05) is 6.04 Å². The average Bonchev–Trinajstić information content (AvgIpc) is 2.69. The van der Waals surface area contributed by atoms with Gasteiger partial charge < -0.3 is 11.1 Å². The summed E-state index contributed by atoms with van der Waals surface area (Å²) in [6.07, 6.45) is 1.85. The maximum atomic E-state index is 11.9. The largest absolute Gasteiger partial charge is 0.351 e. The van der Waals surface area contributed by atoms with E-state index in [1.54, 1.807) is 0 Å². The first kappa shape index (κ1) is 12.1. The number of nitrogens with one attached hydrogen (secondary N) is 1. The molecular weight excluding hydrogens is 212 g/mol. The van der Waals surface area contributed by atoms with Gasteiger partial charge in [-0.15, -0.1) is 0 Å². The Bertz CT molecular complexity index is 389. The molecule has 3 heteroatoms. The second kappa shape index (κ2) is 4.88. The molecule has 1 aromatic rings. The number of rotatable bonds is 3. The van der Waals surface area contributed by atoms with E-state index < -0.39 is 6.04 Å². The maximum Gasteiger partial charge on any atom is 0.237 e. The highest BCUT2D eigenvalue weighted by atomic mass is 16.2. The smallest absolute Gasteiger partial charge is 0.237 e. The van der Waals surface area contributed by atoms with E-state index in [9.17, 15) is 4.79 Å². The number of carbonyl (C=O) groups excluding carboxylic acids is 1. The molecule has 1 aliphatic rings. The van der Waals surface area contributed by atoms with Gasteiger partial charge in [-0.2, -0.15) is 0 Å². The monoisotopic (exact) mass is 232 g/mol. The summed E-state index contributed by atoms with van der Waals surface area (Å²) in [7, 11) is 0. The van der Waals surface area contributed by atoms with Crippen molar-refractivity contribution >= 4 is 5.91 Å². The molecule has 3 N–H and O–H groups in total. The number of amides is 1. The Balaban J connectivity index is 1.94. The predicted molar refractivity (Wildman–Crippen MR) is 68.6 cm³/mol. The topological polar surface area (TPSA) is 55.1 Å². The molecule has 1 aliphatic carbocycles. The van der Waals surface area contributed by atoms with E-state index in [0.29, 0.717) is 0 Å². The van der Waals surface area contributed by atoms with Gasteiger partial charge in [0.2, 0.25) is 5.91 Å². The summed E-state index contributed by atoms with van der Waals surface area (Å²) in [5.74, 6) is 0.150. The lowest BCUT2D eigenvalue weighted by atomic mass is 10.0. The van der Waals surface area contributed by atoms with Gasteiger partial charge in [0.05, 0.1) is 6.04 Å². The van der Waals surface area contributed by atoms with Crippen molar-refractivity contribution in [1.29, 1.82) is 0 Å². The van der Waals surface area contributed by atoms with Crippen molar-refractivity contribution < 1.29 is 4.79 Å². The molecule has 0 unspecified atom stereocenters. The Morgan fingerprint density at radius 2 is 1.82 bits per heavy atom. The highest BCUT2D eigenvalue weighted by Crippen LogP contribution is 2.21. The van der Waals surface area contributed by atoms with Crippen molar-refractivity contribution in [3.05, 3.63) is 35.4 Å². The third-order valence-corrected chi connectivity index (χ3v) is 3.42. The molecule has 0 bridgehead atoms. The number of benzene rings is 1. The highest BCUT2D eigenvalue weighted by molar-refractivity contribution is 5.82. The van der Waals surface area contributed by atoms with Crippen molar-refractivity contribution in [2.24, 2.45) is 11.7 Å². The zero-order chi connectivity index (χ0) is 12.4. The Hall–Kier alpha value is -1.35. The summed E-state index contributed by atoms with van der Waals surface area (Å²) in [4.78, 5) is 11.9. The average molecular weight is 232 g/mol. The molecule has 0 saturated heterocycles. The zero-order valence-corrected chi connectivity index (χ0v) is 10.4. The summed E-state index contributed by atoms with van der Waals surface area (Å²) in [5, 5.41) is 3.04. The van der Waals surface area contributed by atoms with Crippen molar-refractivity contribution in [3.8, 4) is 0 Å². The van der Waals surface area contributed by atoms with E-state index in [-0.39, 0.29) is 17.9 Å². The van der Waals surface area contributed by atoms with E-state index in [0.717, 1.165) is 12.8 Å². The van der Waals surface area contributed by atoms with E-state index in [2.05, 4.69) is 17.4 Å². The van der Waals surface area contributed by atoms with Crippen molar-refractivity contribution in [3.63, 3.8) is 0 Å². The fourth-order valence-corrected chi connectivity index (χ4v) is 2.26. The van der Waals surface area contributed by atoms with Gasteiger partial charge in [0.25, 0.3) is 0 Å². The van der Waals surface area contributed by atoms with Crippen LogP contribution in [0.3, 0.4) is 0 Å². The molecule has 3 nitrogen and oxygen atoms in total. The van der Waals surface area contributed by atoms with Crippen LogP contribution in [0.15, 0.2) is 24.3 Å². The number of carbonyl (C=O) groups is 1. The standard InChI is InChI=1S/C14H20N2O/c1-9(2)13(15)14(17)16-12-7-10-5-3-4-6-11(10)8-12/h3-6,9,12-13H,7-8,15H2,1-2H3,(H,16,17)/t13-/m1/s1. The van der Waals surface area contributed by atoms with E-state index in [1.807, 2.05) is 26.0 Å². The number of fused-ring (bicyclic) bond motifs is 1. The van der Waals surface area contributed by atoms with E-state index in [4.69, 9.17) is 5.73 Å². The molecule has 0 aliphatic heterocycles. The first-order chi connectivity index (χ1) is 8.08. The van der Waals surface area contributed by atoms with Crippen LogP contribution >= 0.6 is 0 Å². The van der Waals surface area contributed by atoms with Gasteiger partial charge in [-0.3, -0.25) is 4.79 Å². The normalized spacial score (nSPS) is 16.9. The molecule has 17 heavy (non-hydrogen) atoms. The maximum absolute atomic E-state index is 11.9. The van der Waals surface area contributed by atoms with Crippen LogP contribution in [-0.2, 0) is 17.6 Å². The minimum Gasteiger partial charge on any atom is -0.351 e. The Labute approximate surface area is 102 Å². The number of nitrogens with two attached hydrogens (primary N) is 1. The van der Waals surface area contributed by atoms with Crippen molar-refractivity contribution in [2.75, 3.05) is 0 Å². The molecule has 0 fully saturated rings. The molecule has 1 aromatic carbocycles. The highest BCUT2D eigenvalue weighted by Gasteiger charge is 2.25. The SMILES string of the molecule is CC(C)[C@@H](N)C(=O)NC1Cc2ccccc2C1. The van der Waals surface area contributed by atoms with Gasteiger partial charge in [0.15, 0.2) is 0 Å². The van der Waals surface area contributed by atoms with Crippen molar-refractivity contribution in [1.82, 2.24) is 5.32 Å². The quantitative estimate of drug-likeness (QED) is 0.824. The third-order valence-electron chi connectivity index (χ3n) is 3.42. The first-order valence-corrected chi connectivity index (χ1v) is 6.20. The number of hydrogen-bond donors (Lipinski definition) is 2. The van der Waals surface area contributed by atoms with Crippen molar-refractivity contribution in [2.45, 2.75) is 38.8 Å². The third kappa shape index (κ3) is 2.67. The van der Waals surface area contributed by atoms with Crippen LogP contribution in [0.1, 0.15) is 25.0 Å². The fourth-order valence-electron chi connectivity index (χ4n) is 2.26. The minimum atomic E-state index is -0.404. The lowest BCUT2D eigenvalue weighted by Crippen LogP contribution is -2.48. The molecule has 0 radical (unpaired) electrons. The molecule has 1 atom stereocenters. The molecule has 0 heterocycles. The van der Waals surface area contributed by atoms with Gasteiger partial charge >= 0.3 is 0 Å². The number of hydrogen-bond acceptors (Lipinski definition) is 2.